The third-order valence-corrected chi connectivity index (χ3v) is 12.1. The van der Waals surface area contributed by atoms with Crippen molar-refractivity contribution >= 4 is 28.0 Å². The van der Waals surface area contributed by atoms with Crippen molar-refractivity contribution in [3.8, 4) is 5.75 Å². The Hall–Kier alpha value is -0.336. The molecule has 2 rings (SSSR count). The van der Waals surface area contributed by atoms with Gasteiger partial charge < -0.3 is 13.9 Å². The van der Waals surface area contributed by atoms with Crippen molar-refractivity contribution in [2.75, 3.05) is 6.61 Å². The molecule has 1 fully saturated rings. The number of hydrogen-bond donors (Lipinski definition) is 0. The summed E-state index contributed by atoms with van der Waals surface area (Å²) in [5.74, 6) is 0.779. The Labute approximate surface area is 160 Å². The van der Waals surface area contributed by atoms with E-state index >= 15 is 0 Å². The molecule has 1 aromatic carbocycles. The molecular weight excluding hydrogens is 368 g/mol. The smallest absolute Gasteiger partial charge is 0.192 e. The molecule has 1 heterocycles. The first-order chi connectivity index (χ1) is 11.3. The van der Waals surface area contributed by atoms with Gasteiger partial charge >= 0.3 is 0 Å². The molecule has 1 saturated heterocycles. The van der Waals surface area contributed by atoms with E-state index in [1.54, 1.807) is 0 Å². The molecule has 0 aliphatic carbocycles. The number of epoxide rings is 1. The molecule has 0 saturated carbocycles. The van der Waals surface area contributed by atoms with Gasteiger partial charge in [0.1, 0.15) is 24.6 Å². The second-order valence-electron chi connectivity index (χ2n) is 9.57. The van der Waals surface area contributed by atoms with Crippen molar-refractivity contribution in [1.82, 2.24) is 0 Å². The number of benzene rings is 1. The molecule has 0 aromatic heterocycles. The molecule has 142 valence electrons. The fraction of sp³-hybridized carbons (Fsp3) is 0.684. The first-order valence-corrected chi connectivity index (χ1v) is 15.9. The van der Waals surface area contributed by atoms with Crippen LogP contribution >= 0.6 is 11.6 Å². The van der Waals surface area contributed by atoms with E-state index in [0.29, 0.717) is 17.4 Å². The van der Waals surface area contributed by atoms with Gasteiger partial charge in [0.25, 0.3) is 0 Å². The second-order valence-corrected chi connectivity index (χ2v) is 20.1. The van der Waals surface area contributed by atoms with Crippen LogP contribution in [0.25, 0.3) is 0 Å². The van der Waals surface area contributed by atoms with E-state index in [9.17, 15) is 0 Å². The molecule has 3 atom stereocenters. The lowest BCUT2D eigenvalue weighted by Crippen LogP contribution is -2.48. The van der Waals surface area contributed by atoms with Gasteiger partial charge in [-0.3, -0.25) is 0 Å². The summed E-state index contributed by atoms with van der Waals surface area (Å²) in [6.07, 6.45) is 0.122. The number of halogens is 1. The largest absolute Gasteiger partial charge is 0.491 e. The third-order valence-electron chi connectivity index (χ3n) is 5.21. The Morgan fingerprint density at radius 1 is 1.16 bits per heavy atom. The summed E-state index contributed by atoms with van der Waals surface area (Å²) in [6, 6.07) is 7.52. The molecule has 25 heavy (non-hydrogen) atoms. The number of ether oxygens (including phenoxy) is 2. The minimum atomic E-state index is -1.90. The van der Waals surface area contributed by atoms with E-state index in [1.165, 1.54) is 0 Å². The summed E-state index contributed by atoms with van der Waals surface area (Å²) in [6.45, 7) is 18.9. The summed E-state index contributed by atoms with van der Waals surface area (Å²) in [4.78, 5) is 0. The number of hydrogen-bond acceptors (Lipinski definition) is 3. The minimum Gasteiger partial charge on any atom is -0.491 e. The van der Waals surface area contributed by atoms with Crippen molar-refractivity contribution in [3.05, 3.63) is 29.3 Å². The zero-order valence-electron chi connectivity index (χ0n) is 16.9. The molecule has 3 nitrogen and oxygen atoms in total. The molecule has 0 N–H and O–H groups in total. The highest BCUT2D eigenvalue weighted by atomic mass is 35.5. The highest BCUT2D eigenvalue weighted by Gasteiger charge is 2.54. The Morgan fingerprint density at radius 2 is 1.80 bits per heavy atom. The van der Waals surface area contributed by atoms with Crippen molar-refractivity contribution < 1.29 is 13.9 Å². The summed E-state index contributed by atoms with van der Waals surface area (Å²) < 4.78 is 18.8. The van der Waals surface area contributed by atoms with Crippen LogP contribution in [0.3, 0.4) is 0 Å². The first kappa shape index (κ1) is 21.0. The average Bonchev–Trinajstić information content (AvgIpc) is 3.22. The summed E-state index contributed by atoms with van der Waals surface area (Å²) in [5, 5.41) is 0.840. The van der Waals surface area contributed by atoms with Crippen molar-refractivity contribution in [1.29, 1.82) is 0 Å². The van der Waals surface area contributed by atoms with E-state index in [4.69, 9.17) is 25.5 Å². The Morgan fingerprint density at radius 3 is 2.28 bits per heavy atom. The predicted octanol–water partition coefficient (Wildman–Crippen LogP) is 5.75. The standard InChI is InChI=1S/C19H33ClO3Si2/c1-19(2,3)25(7,8)23-16(17-18(22-17)24(4,5)6)13-21-15-11-9-10-14(20)12-15/h9-12,16-18H,13H2,1-8H3/t16-,17-,18+/m0/s1. The van der Waals surface area contributed by atoms with Gasteiger partial charge in [-0.15, -0.1) is 0 Å². The van der Waals surface area contributed by atoms with E-state index < -0.39 is 16.4 Å². The molecule has 0 amide bonds. The Kier molecular flexibility index (Phi) is 6.17. The van der Waals surface area contributed by atoms with Gasteiger partial charge in [-0.05, 0) is 36.3 Å². The van der Waals surface area contributed by atoms with Crippen LogP contribution < -0.4 is 4.74 Å². The zero-order valence-corrected chi connectivity index (χ0v) is 19.6. The monoisotopic (exact) mass is 400 g/mol. The average molecular weight is 401 g/mol. The SMILES string of the molecule is CC(C)(C)[Si](C)(C)O[C@@H](COc1cccc(Cl)c1)[C@@H]1O[C@@H]1[Si](C)(C)C. The Balaban J connectivity index is 2.10. The lowest BCUT2D eigenvalue weighted by Gasteiger charge is -2.39. The molecule has 0 radical (unpaired) electrons. The lowest BCUT2D eigenvalue weighted by molar-refractivity contribution is 0.0888. The molecule has 1 aliphatic heterocycles. The van der Waals surface area contributed by atoms with Crippen molar-refractivity contribution in [3.63, 3.8) is 0 Å². The van der Waals surface area contributed by atoms with Crippen LogP contribution in [0.4, 0.5) is 0 Å². The second kappa shape index (κ2) is 7.35. The van der Waals surface area contributed by atoms with E-state index in [2.05, 4.69) is 53.5 Å². The van der Waals surface area contributed by atoms with E-state index in [0.717, 1.165) is 5.75 Å². The molecular formula is C19H33ClO3Si2. The maximum atomic E-state index is 6.68. The first-order valence-electron chi connectivity index (χ1n) is 9.03. The normalized spacial score (nSPS) is 22.6. The summed E-state index contributed by atoms with van der Waals surface area (Å²) in [5.41, 5.74) is 0.352. The topological polar surface area (TPSA) is 31.0 Å². The molecule has 0 spiro atoms. The van der Waals surface area contributed by atoms with Crippen LogP contribution in [0.1, 0.15) is 20.8 Å². The van der Waals surface area contributed by atoms with Crippen LogP contribution in [-0.4, -0.2) is 40.9 Å². The van der Waals surface area contributed by atoms with Crippen molar-refractivity contribution in [2.45, 2.75) is 76.5 Å². The van der Waals surface area contributed by atoms with Gasteiger partial charge in [-0.1, -0.05) is 58.1 Å². The van der Waals surface area contributed by atoms with Crippen LogP contribution in [0.15, 0.2) is 24.3 Å². The fourth-order valence-electron chi connectivity index (χ4n) is 2.59. The molecule has 1 aromatic rings. The van der Waals surface area contributed by atoms with Gasteiger partial charge in [-0.2, -0.15) is 0 Å². The third kappa shape index (κ3) is 5.57. The van der Waals surface area contributed by atoms with Gasteiger partial charge in [0.2, 0.25) is 0 Å². The highest BCUT2D eigenvalue weighted by Crippen LogP contribution is 2.41. The maximum Gasteiger partial charge on any atom is 0.192 e. The summed E-state index contributed by atoms with van der Waals surface area (Å²) >= 11 is 6.06. The van der Waals surface area contributed by atoms with Crippen LogP contribution in [-0.2, 0) is 9.16 Å². The number of rotatable bonds is 7. The predicted molar refractivity (Wildman–Crippen MR) is 111 cm³/mol. The van der Waals surface area contributed by atoms with E-state index in [1.807, 2.05) is 24.3 Å². The minimum absolute atomic E-state index is 0.0309. The van der Waals surface area contributed by atoms with Gasteiger partial charge in [0.05, 0.1) is 13.8 Å². The molecule has 0 unspecified atom stereocenters. The fourth-order valence-corrected chi connectivity index (χ4v) is 5.85. The van der Waals surface area contributed by atoms with Crippen molar-refractivity contribution in [2.24, 2.45) is 0 Å². The van der Waals surface area contributed by atoms with Crippen LogP contribution in [0, 0.1) is 0 Å². The molecule has 6 heteroatoms. The van der Waals surface area contributed by atoms with E-state index in [-0.39, 0.29) is 17.2 Å². The van der Waals surface area contributed by atoms with Gasteiger partial charge in [0.15, 0.2) is 8.32 Å². The zero-order chi connectivity index (χ0) is 19.0. The molecule has 1 aliphatic rings. The van der Waals surface area contributed by atoms with Gasteiger partial charge in [0, 0.05) is 5.02 Å². The lowest BCUT2D eigenvalue weighted by atomic mass is 10.2. The van der Waals surface area contributed by atoms with Crippen LogP contribution in [0.5, 0.6) is 5.75 Å². The quantitative estimate of drug-likeness (QED) is 0.431. The van der Waals surface area contributed by atoms with Gasteiger partial charge in [-0.25, -0.2) is 0 Å². The maximum absolute atomic E-state index is 6.68. The molecule has 0 bridgehead atoms. The summed E-state index contributed by atoms with van der Waals surface area (Å²) in [7, 11) is -3.25. The Bertz CT molecular complexity index is 593. The van der Waals surface area contributed by atoms with Crippen LogP contribution in [0.2, 0.25) is 42.8 Å². The highest BCUT2D eigenvalue weighted by molar-refractivity contribution is 6.78.